The van der Waals surface area contributed by atoms with E-state index in [2.05, 4.69) is 5.32 Å². The maximum atomic E-state index is 13.4. The minimum absolute atomic E-state index is 0.0225. The molecule has 0 saturated heterocycles. The second-order valence-electron chi connectivity index (χ2n) is 7.41. The molecule has 156 valence electrons. The van der Waals surface area contributed by atoms with Gasteiger partial charge in [0.15, 0.2) is 9.84 Å². The number of aryl methyl sites for hydroxylation is 1. The number of carbonyl (C=O) groups is 1. The summed E-state index contributed by atoms with van der Waals surface area (Å²) in [4.78, 5) is 14.8. The van der Waals surface area contributed by atoms with E-state index in [0.717, 1.165) is 11.3 Å². The van der Waals surface area contributed by atoms with E-state index < -0.39 is 15.1 Å². The van der Waals surface area contributed by atoms with E-state index in [4.69, 9.17) is 0 Å². The first-order valence-electron chi connectivity index (χ1n) is 9.70. The fraction of sp³-hybridized carbons (Fsp3) is 0.208. The van der Waals surface area contributed by atoms with Crippen LogP contribution in [-0.2, 0) is 9.84 Å². The molecule has 0 radical (unpaired) electrons. The van der Waals surface area contributed by atoms with Gasteiger partial charge in [-0.3, -0.25) is 4.79 Å². The second kappa shape index (κ2) is 9.13. The summed E-state index contributed by atoms with van der Waals surface area (Å²) < 4.78 is 26.8. The molecule has 3 aromatic carbocycles. The van der Waals surface area contributed by atoms with E-state index in [1.54, 1.807) is 54.6 Å². The Morgan fingerprint density at radius 3 is 2.20 bits per heavy atom. The molecule has 30 heavy (non-hydrogen) atoms. The number of rotatable bonds is 7. The van der Waals surface area contributed by atoms with Crippen molar-refractivity contribution < 1.29 is 13.2 Å². The van der Waals surface area contributed by atoms with Crippen molar-refractivity contribution in [3.63, 3.8) is 0 Å². The quantitative estimate of drug-likeness (QED) is 0.625. The molecule has 3 rings (SSSR count). The number of anilines is 1. The van der Waals surface area contributed by atoms with Crippen LogP contribution < -0.4 is 10.2 Å². The molecule has 0 fully saturated rings. The Balaban J connectivity index is 1.92. The molecule has 1 amide bonds. The topological polar surface area (TPSA) is 66.5 Å². The number of carbonyl (C=O) groups excluding carboxylic acids is 1. The van der Waals surface area contributed by atoms with Crippen molar-refractivity contribution in [2.75, 3.05) is 25.5 Å². The molecule has 0 aliphatic carbocycles. The van der Waals surface area contributed by atoms with Crippen molar-refractivity contribution in [1.82, 2.24) is 5.32 Å². The van der Waals surface area contributed by atoms with Crippen LogP contribution >= 0.6 is 0 Å². The van der Waals surface area contributed by atoms with E-state index in [1.807, 2.05) is 50.2 Å². The summed E-state index contributed by atoms with van der Waals surface area (Å²) in [6, 6.07) is 22.9. The molecule has 1 N–H and O–H groups in total. The number of nitrogens with zero attached hydrogens (tertiary/aromatic N) is 1. The number of amides is 1. The summed E-state index contributed by atoms with van der Waals surface area (Å²) in [5.41, 5.74) is 3.08. The first-order chi connectivity index (χ1) is 14.3. The Bertz CT molecular complexity index is 1110. The Morgan fingerprint density at radius 2 is 1.60 bits per heavy atom. The van der Waals surface area contributed by atoms with Gasteiger partial charge in [0.05, 0.1) is 4.90 Å². The van der Waals surface area contributed by atoms with Crippen molar-refractivity contribution in [3.05, 3.63) is 95.6 Å². The summed E-state index contributed by atoms with van der Waals surface area (Å²) >= 11 is 0. The molecule has 1 atom stereocenters. The third-order valence-corrected chi connectivity index (χ3v) is 7.07. The van der Waals surface area contributed by atoms with Crippen LogP contribution in [0.4, 0.5) is 5.69 Å². The van der Waals surface area contributed by atoms with E-state index in [-0.39, 0.29) is 17.3 Å². The van der Waals surface area contributed by atoms with Gasteiger partial charge in [0.25, 0.3) is 5.91 Å². The zero-order chi connectivity index (χ0) is 21.7. The van der Waals surface area contributed by atoms with Gasteiger partial charge in [-0.2, -0.15) is 0 Å². The highest BCUT2D eigenvalue weighted by Gasteiger charge is 2.29. The Hall–Kier alpha value is -3.12. The van der Waals surface area contributed by atoms with Gasteiger partial charge in [0.1, 0.15) is 5.25 Å². The zero-order valence-electron chi connectivity index (χ0n) is 17.4. The Morgan fingerprint density at radius 1 is 0.933 bits per heavy atom. The highest BCUT2D eigenvalue weighted by atomic mass is 32.2. The largest absolute Gasteiger partial charge is 0.378 e. The predicted octanol–water partition coefficient (Wildman–Crippen LogP) is 4.01. The van der Waals surface area contributed by atoms with Crippen LogP contribution in [0.3, 0.4) is 0 Å². The number of hydrogen-bond acceptors (Lipinski definition) is 4. The lowest BCUT2D eigenvalue weighted by atomic mass is 10.1. The molecule has 0 spiro atoms. The van der Waals surface area contributed by atoms with Gasteiger partial charge < -0.3 is 10.2 Å². The van der Waals surface area contributed by atoms with Crippen molar-refractivity contribution in [1.29, 1.82) is 0 Å². The average Bonchev–Trinajstić information content (AvgIpc) is 2.74. The summed E-state index contributed by atoms with van der Waals surface area (Å²) in [6.07, 6.45) is 0. The predicted molar refractivity (Wildman–Crippen MR) is 121 cm³/mol. The lowest BCUT2D eigenvalue weighted by Crippen LogP contribution is -2.32. The molecule has 6 heteroatoms. The average molecular weight is 423 g/mol. The van der Waals surface area contributed by atoms with Crippen molar-refractivity contribution in [2.24, 2.45) is 0 Å². The molecule has 0 bridgehead atoms. The number of benzene rings is 3. The van der Waals surface area contributed by atoms with Crippen LogP contribution in [0.2, 0.25) is 0 Å². The first kappa shape index (κ1) is 21.6. The fourth-order valence-electron chi connectivity index (χ4n) is 3.24. The minimum Gasteiger partial charge on any atom is -0.378 e. The first-order valence-corrected chi connectivity index (χ1v) is 11.2. The van der Waals surface area contributed by atoms with E-state index in [0.29, 0.717) is 11.1 Å². The minimum atomic E-state index is -3.70. The SMILES string of the molecule is Cc1cccc(C(=O)NC[C@H](c2ccc(N(C)C)cc2)S(=O)(=O)c2ccccc2)c1. The lowest BCUT2D eigenvalue weighted by molar-refractivity contribution is 0.0953. The third kappa shape index (κ3) is 4.89. The highest BCUT2D eigenvalue weighted by Crippen LogP contribution is 2.29. The maximum Gasteiger partial charge on any atom is 0.251 e. The summed E-state index contributed by atoms with van der Waals surface area (Å²) in [5.74, 6) is -0.295. The smallest absolute Gasteiger partial charge is 0.251 e. The van der Waals surface area contributed by atoms with E-state index >= 15 is 0 Å². The van der Waals surface area contributed by atoms with Gasteiger partial charge in [-0.05, 0) is 48.9 Å². The molecular formula is C24H26N2O3S. The number of sulfone groups is 1. The fourth-order valence-corrected chi connectivity index (χ4v) is 4.93. The van der Waals surface area contributed by atoms with Crippen LogP contribution in [0.1, 0.15) is 26.7 Å². The normalized spacial score (nSPS) is 12.2. The maximum absolute atomic E-state index is 13.4. The van der Waals surface area contributed by atoms with Gasteiger partial charge in [-0.1, -0.05) is 48.0 Å². The van der Waals surface area contributed by atoms with Gasteiger partial charge >= 0.3 is 0 Å². The molecule has 0 unspecified atom stereocenters. The molecule has 0 aliphatic heterocycles. The summed E-state index contributed by atoms with van der Waals surface area (Å²) in [7, 11) is 0.150. The van der Waals surface area contributed by atoms with E-state index in [1.165, 1.54) is 0 Å². The van der Waals surface area contributed by atoms with Crippen LogP contribution in [0, 0.1) is 6.92 Å². The zero-order valence-corrected chi connectivity index (χ0v) is 18.2. The molecule has 0 saturated carbocycles. The number of hydrogen-bond donors (Lipinski definition) is 1. The lowest BCUT2D eigenvalue weighted by Gasteiger charge is -2.20. The number of nitrogens with one attached hydrogen (secondary N) is 1. The van der Waals surface area contributed by atoms with Crippen LogP contribution in [0.15, 0.2) is 83.8 Å². The molecule has 0 aromatic heterocycles. The molecule has 0 heterocycles. The standard InChI is InChI=1S/C24H26N2O3S/c1-18-8-7-9-20(16-18)24(27)25-17-23(19-12-14-21(15-13-19)26(2)3)30(28,29)22-10-5-4-6-11-22/h4-16,23H,17H2,1-3H3,(H,25,27)/t23-/m1/s1. The van der Waals surface area contributed by atoms with Gasteiger partial charge in [0.2, 0.25) is 0 Å². The van der Waals surface area contributed by atoms with Crippen molar-refractivity contribution >= 4 is 21.4 Å². The summed E-state index contributed by atoms with van der Waals surface area (Å²) in [6.45, 7) is 1.89. The van der Waals surface area contributed by atoms with Crippen molar-refractivity contribution in [2.45, 2.75) is 17.1 Å². The van der Waals surface area contributed by atoms with Crippen LogP contribution in [0.5, 0.6) is 0 Å². The third-order valence-electron chi connectivity index (χ3n) is 4.96. The van der Waals surface area contributed by atoms with Gasteiger partial charge in [-0.25, -0.2) is 8.42 Å². The second-order valence-corrected chi connectivity index (χ2v) is 9.54. The van der Waals surface area contributed by atoms with Crippen LogP contribution in [0.25, 0.3) is 0 Å². The summed E-state index contributed by atoms with van der Waals surface area (Å²) in [5, 5.41) is 1.91. The molecule has 5 nitrogen and oxygen atoms in total. The molecule has 0 aliphatic rings. The van der Waals surface area contributed by atoms with Crippen molar-refractivity contribution in [3.8, 4) is 0 Å². The Kier molecular flexibility index (Phi) is 6.57. The van der Waals surface area contributed by atoms with Gasteiger partial charge in [0, 0.05) is 31.9 Å². The van der Waals surface area contributed by atoms with Gasteiger partial charge in [-0.15, -0.1) is 0 Å². The molecule has 3 aromatic rings. The van der Waals surface area contributed by atoms with Crippen LogP contribution in [-0.4, -0.2) is 35.0 Å². The highest BCUT2D eigenvalue weighted by molar-refractivity contribution is 7.91. The Labute approximate surface area is 178 Å². The monoisotopic (exact) mass is 422 g/mol. The van der Waals surface area contributed by atoms with E-state index in [9.17, 15) is 13.2 Å². The molecular weight excluding hydrogens is 396 g/mol.